The number of benzene rings is 4. The molecule has 0 radical (unpaired) electrons. The summed E-state index contributed by atoms with van der Waals surface area (Å²) in [6.07, 6.45) is -5.67. The van der Waals surface area contributed by atoms with Crippen LogP contribution in [0.4, 0.5) is 0 Å². The van der Waals surface area contributed by atoms with Gasteiger partial charge in [0.15, 0.2) is 0 Å². The standard InChI is InChI=1S/C16H24O12P2S4.C15H22O12P2S4/c17-31(18,19)29(32(20,21)22,15-9-3-1-4-10-15)13-7-8-14-30(33(23,24)25,34(26,27)28)16-11-5-2-6-12-16;16-30(17,18)28(31(19,20)21,14-8-3-1-4-9-14)12-7-13-29(32(22,23)24,33(25,26)27)15-10-5-2-6-11-15/h1-6,9-12,29-30H,7-8,13-14H2,(H,17,18,19)(H,20,21,22)(H,23,24,25)(H,26,27,28);1-6,8-11,28-29H,7,12-13H2,(H,16,17,18)(H,19,20,21)(H,22,23,24)(H,25,26,27). The van der Waals surface area contributed by atoms with Crippen LogP contribution in [0.15, 0.2) is 121 Å². The van der Waals surface area contributed by atoms with Gasteiger partial charge in [0.05, 0.1) is 0 Å². The number of unbranched alkanes of at least 4 members (excludes halogenated alkanes) is 1. The summed E-state index contributed by atoms with van der Waals surface area (Å²) in [7, 11) is -43.5. The Morgan fingerprint density at radius 2 is 0.373 bits per heavy atom. The molecule has 4 rings (SSSR count). The fraction of sp³-hybridized carbons (Fsp3) is 0.226. The van der Waals surface area contributed by atoms with Crippen LogP contribution in [0.2, 0.25) is 0 Å². The summed E-state index contributed by atoms with van der Waals surface area (Å²) >= 11 is 0. The summed E-state index contributed by atoms with van der Waals surface area (Å²) in [4.78, 5) is 0. The van der Waals surface area contributed by atoms with Crippen LogP contribution in [-0.4, -0.2) is 128 Å². The molecule has 67 heavy (non-hydrogen) atoms. The molecule has 0 bridgehead atoms. The Bertz CT molecular complexity index is 2960. The molecule has 0 saturated heterocycles. The van der Waals surface area contributed by atoms with E-state index in [0.29, 0.717) is 0 Å². The molecular formula is C31H46O24P4S8. The molecule has 0 atom stereocenters. The molecule has 0 aromatic heterocycles. The SMILES string of the molecule is O=S(=O)(O)[PH](CCCC[PH](c1ccccc1)(S(=O)(=O)O)S(=O)(=O)O)(c1ccccc1)S(=O)(=O)O.O=S(=O)(O)[PH](CCC[PH](c1ccccc1)(S(=O)(=O)O)S(=O)(=O)O)(c1ccccc1)S(=O)(=O)O. The Morgan fingerprint density at radius 1 is 0.239 bits per heavy atom. The fourth-order valence-electron chi connectivity index (χ4n) is 7.37. The van der Waals surface area contributed by atoms with Gasteiger partial charge in [-0.05, 0) is 0 Å². The van der Waals surface area contributed by atoms with Crippen molar-refractivity contribution in [2.75, 3.05) is 24.6 Å². The van der Waals surface area contributed by atoms with Gasteiger partial charge in [0.1, 0.15) is 0 Å². The zero-order chi connectivity index (χ0) is 51.4. The first-order valence-corrected chi connectivity index (χ1v) is 44.5. The quantitative estimate of drug-likeness (QED) is 0.0335. The molecule has 0 aliphatic rings. The van der Waals surface area contributed by atoms with Gasteiger partial charge in [-0.2, -0.15) is 0 Å². The van der Waals surface area contributed by atoms with E-state index in [1.54, 1.807) is 0 Å². The first kappa shape index (κ1) is 59.2. The molecule has 4 aromatic carbocycles. The van der Waals surface area contributed by atoms with E-state index in [0.717, 1.165) is 48.5 Å². The molecule has 0 spiro atoms. The van der Waals surface area contributed by atoms with Crippen LogP contribution in [0.1, 0.15) is 19.3 Å². The van der Waals surface area contributed by atoms with Gasteiger partial charge in [0.25, 0.3) is 0 Å². The summed E-state index contributed by atoms with van der Waals surface area (Å²) in [5.41, 5.74) is -21.1. The molecule has 0 saturated carbocycles. The number of rotatable bonds is 21. The predicted molar refractivity (Wildman–Crippen MR) is 263 cm³/mol. The van der Waals surface area contributed by atoms with Crippen molar-refractivity contribution in [1.29, 1.82) is 0 Å². The first-order chi connectivity index (χ1) is 30.3. The maximum atomic E-state index is 12.3. The predicted octanol–water partition coefficient (Wildman–Crippen LogP) is 1.87. The third-order valence-electron chi connectivity index (χ3n) is 10.5. The average Bonchev–Trinajstić information content (AvgIpc) is 3.17. The topological polar surface area (TPSA) is 435 Å². The van der Waals surface area contributed by atoms with Crippen molar-refractivity contribution in [3.05, 3.63) is 121 Å². The first-order valence-electron chi connectivity index (χ1n) is 18.3. The molecular weight excluding hydrogens is 1140 g/mol. The van der Waals surface area contributed by atoms with E-state index in [-0.39, 0.29) is 10.6 Å². The van der Waals surface area contributed by atoms with Crippen LogP contribution >= 0.6 is 22.7 Å². The molecule has 4 aromatic rings. The van der Waals surface area contributed by atoms with Crippen LogP contribution in [-0.2, 0) is 77.9 Å². The van der Waals surface area contributed by atoms with Crippen molar-refractivity contribution in [2.45, 2.75) is 19.3 Å². The van der Waals surface area contributed by atoms with E-state index in [4.69, 9.17) is 0 Å². The molecule has 0 amide bonds. The molecule has 36 heteroatoms. The van der Waals surface area contributed by atoms with Gasteiger partial charge in [-0.25, -0.2) is 0 Å². The molecule has 0 unspecified atom stereocenters. The number of hydrogen-bond acceptors (Lipinski definition) is 16. The second kappa shape index (κ2) is 21.3. The van der Waals surface area contributed by atoms with Crippen LogP contribution in [0.25, 0.3) is 0 Å². The van der Waals surface area contributed by atoms with E-state index in [1.165, 1.54) is 72.8 Å². The van der Waals surface area contributed by atoms with Crippen molar-refractivity contribution in [1.82, 2.24) is 0 Å². The average molecular weight is 1180 g/mol. The van der Waals surface area contributed by atoms with E-state index < -0.39 is 155 Å². The summed E-state index contributed by atoms with van der Waals surface area (Å²) in [5, 5.41) is -1.64. The van der Waals surface area contributed by atoms with E-state index in [1.807, 2.05) is 0 Å². The second-order valence-corrected chi connectivity index (χ2v) is 64.5. The zero-order valence-corrected chi connectivity index (χ0v) is 44.4. The minimum absolute atomic E-state index is 0.365. The van der Waals surface area contributed by atoms with Crippen LogP contribution in [0, 0.1) is 0 Å². The summed E-state index contributed by atoms with van der Waals surface area (Å²) in [6, 6.07) is 24.3. The van der Waals surface area contributed by atoms with E-state index >= 15 is 0 Å². The van der Waals surface area contributed by atoms with Gasteiger partial charge in [0, 0.05) is 0 Å². The molecule has 0 aliphatic carbocycles. The molecule has 0 heterocycles. The molecule has 382 valence electrons. The second-order valence-electron chi connectivity index (χ2n) is 14.3. The summed E-state index contributed by atoms with van der Waals surface area (Å²) in [6.45, 7) is 0. The number of hydrogen-bond donors (Lipinski definition) is 8. The normalized spacial score (nSPS) is 15.1. The van der Waals surface area contributed by atoms with Crippen molar-refractivity contribution in [3.63, 3.8) is 0 Å². The summed E-state index contributed by atoms with van der Waals surface area (Å²) < 4.78 is 275. The van der Waals surface area contributed by atoms with Gasteiger partial charge < -0.3 is 0 Å². The van der Waals surface area contributed by atoms with Crippen LogP contribution in [0.5, 0.6) is 0 Å². The molecule has 24 nitrogen and oxygen atoms in total. The Morgan fingerprint density at radius 3 is 0.507 bits per heavy atom. The molecule has 0 fully saturated rings. The monoisotopic (exact) mass is 1180 g/mol. The minimum atomic E-state index is -5.50. The Balaban J connectivity index is 0.000000355. The third kappa shape index (κ3) is 12.0. The van der Waals surface area contributed by atoms with Gasteiger partial charge >= 0.3 is 391 Å². The van der Waals surface area contributed by atoms with Crippen LogP contribution in [0.3, 0.4) is 0 Å². The summed E-state index contributed by atoms with van der Waals surface area (Å²) in [5.74, 6) is 0. The van der Waals surface area contributed by atoms with Crippen molar-refractivity contribution in [3.8, 4) is 0 Å². The molecule has 8 N–H and O–H groups in total. The Labute approximate surface area is 388 Å². The van der Waals surface area contributed by atoms with Crippen molar-refractivity contribution in [2.24, 2.45) is 0 Å². The van der Waals surface area contributed by atoms with Crippen molar-refractivity contribution < 1.29 is 104 Å². The van der Waals surface area contributed by atoms with Gasteiger partial charge in [-0.1, -0.05) is 0 Å². The fourth-order valence-corrected chi connectivity index (χ4v) is 52.8. The maximum absolute atomic E-state index is 12.3. The van der Waals surface area contributed by atoms with Gasteiger partial charge in [-0.3, -0.25) is 0 Å². The zero-order valence-electron chi connectivity index (χ0n) is 33.9. The van der Waals surface area contributed by atoms with Crippen molar-refractivity contribution >= 4 is 122 Å². The molecule has 0 aliphatic heterocycles. The Hall–Kier alpha value is -2.12. The third-order valence-corrected chi connectivity index (χ3v) is 71.7. The van der Waals surface area contributed by atoms with Crippen LogP contribution < -0.4 is 21.2 Å². The van der Waals surface area contributed by atoms with Gasteiger partial charge in [0.2, 0.25) is 0 Å². The van der Waals surface area contributed by atoms with E-state index in [2.05, 4.69) is 0 Å². The Kier molecular flexibility index (Phi) is 18.8. The van der Waals surface area contributed by atoms with Gasteiger partial charge in [-0.15, -0.1) is 0 Å². The van der Waals surface area contributed by atoms with E-state index in [9.17, 15) is 104 Å².